The van der Waals surface area contributed by atoms with E-state index in [9.17, 15) is 0 Å². The number of nitrogens with one attached hydrogen (secondary N) is 1. The van der Waals surface area contributed by atoms with E-state index in [1.165, 1.54) is 60.0 Å². The molecule has 2 aromatic rings. The molecule has 1 unspecified atom stereocenters. The number of hydrogen-bond acceptors (Lipinski definition) is 2. The molecule has 0 radical (unpaired) electrons. The van der Waals surface area contributed by atoms with Crippen molar-refractivity contribution in [3.05, 3.63) is 53.6 Å². The third kappa shape index (κ3) is 2.95. The fraction of sp³-hybridized carbons (Fsp3) is 0.455. The van der Waals surface area contributed by atoms with E-state index in [2.05, 4.69) is 59.6 Å². The Morgan fingerprint density at radius 2 is 1.96 bits per heavy atom. The number of anilines is 1. The first-order valence-electron chi connectivity index (χ1n) is 9.55. The Morgan fingerprint density at radius 1 is 1.08 bits per heavy atom. The fourth-order valence-electron chi connectivity index (χ4n) is 4.25. The van der Waals surface area contributed by atoms with E-state index in [0.717, 1.165) is 19.6 Å². The van der Waals surface area contributed by atoms with Crippen LogP contribution >= 0.6 is 0 Å². The number of unbranched alkanes of at least 4 members (excludes halogenated alkanes) is 1. The van der Waals surface area contributed by atoms with Gasteiger partial charge in [-0.1, -0.05) is 55.8 Å². The molecule has 0 saturated carbocycles. The zero-order valence-electron chi connectivity index (χ0n) is 14.7. The van der Waals surface area contributed by atoms with Gasteiger partial charge in [0.1, 0.15) is 0 Å². The van der Waals surface area contributed by atoms with Gasteiger partial charge in [0.25, 0.3) is 0 Å². The lowest BCUT2D eigenvalue weighted by atomic mass is 9.98. The SMILES string of the molecule is CCCCc1ccc(-c2cccc3c2N2CCNCCC2C3)cc1. The second-order valence-corrected chi connectivity index (χ2v) is 7.20. The van der Waals surface area contributed by atoms with E-state index in [1.54, 1.807) is 0 Å². The predicted molar refractivity (Wildman–Crippen MR) is 103 cm³/mol. The van der Waals surface area contributed by atoms with Crippen LogP contribution in [0.25, 0.3) is 11.1 Å². The van der Waals surface area contributed by atoms with Crippen molar-refractivity contribution in [1.29, 1.82) is 0 Å². The Labute approximate surface area is 145 Å². The van der Waals surface area contributed by atoms with Crippen LogP contribution in [0.2, 0.25) is 0 Å². The maximum Gasteiger partial charge on any atom is 0.0482 e. The highest BCUT2D eigenvalue weighted by Crippen LogP contribution is 2.41. The van der Waals surface area contributed by atoms with Crippen LogP contribution < -0.4 is 10.2 Å². The first kappa shape index (κ1) is 15.7. The zero-order chi connectivity index (χ0) is 16.4. The van der Waals surface area contributed by atoms with Crippen LogP contribution in [0.15, 0.2) is 42.5 Å². The summed E-state index contributed by atoms with van der Waals surface area (Å²) in [5.41, 5.74) is 7.27. The highest BCUT2D eigenvalue weighted by atomic mass is 15.2. The summed E-state index contributed by atoms with van der Waals surface area (Å²) >= 11 is 0. The summed E-state index contributed by atoms with van der Waals surface area (Å²) in [4.78, 5) is 2.66. The lowest BCUT2D eigenvalue weighted by Gasteiger charge is -2.26. The number of rotatable bonds is 4. The van der Waals surface area contributed by atoms with Crippen LogP contribution in [0.4, 0.5) is 5.69 Å². The molecule has 24 heavy (non-hydrogen) atoms. The van der Waals surface area contributed by atoms with E-state index in [0.29, 0.717) is 6.04 Å². The van der Waals surface area contributed by atoms with Crippen molar-refractivity contribution in [3.63, 3.8) is 0 Å². The maximum atomic E-state index is 3.55. The number of nitrogens with zero attached hydrogens (tertiary/aromatic N) is 1. The maximum absolute atomic E-state index is 3.55. The molecular formula is C22H28N2. The summed E-state index contributed by atoms with van der Waals surface area (Å²) < 4.78 is 0. The van der Waals surface area contributed by atoms with Crippen molar-refractivity contribution in [3.8, 4) is 11.1 Å². The molecular weight excluding hydrogens is 292 g/mol. The molecule has 126 valence electrons. The largest absolute Gasteiger partial charge is 0.366 e. The van der Waals surface area contributed by atoms with E-state index in [-0.39, 0.29) is 0 Å². The average Bonchev–Trinajstić information content (AvgIpc) is 2.82. The monoisotopic (exact) mass is 320 g/mol. The minimum Gasteiger partial charge on any atom is -0.366 e. The number of para-hydroxylation sites is 1. The van der Waals surface area contributed by atoms with Crippen LogP contribution in [-0.2, 0) is 12.8 Å². The van der Waals surface area contributed by atoms with Crippen LogP contribution in [0.5, 0.6) is 0 Å². The van der Waals surface area contributed by atoms with Crippen LogP contribution in [-0.4, -0.2) is 25.7 Å². The molecule has 0 amide bonds. The Morgan fingerprint density at radius 3 is 2.79 bits per heavy atom. The summed E-state index contributed by atoms with van der Waals surface area (Å²) in [6.07, 6.45) is 6.20. The van der Waals surface area contributed by atoms with E-state index >= 15 is 0 Å². The van der Waals surface area contributed by atoms with Crippen molar-refractivity contribution < 1.29 is 0 Å². The molecule has 0 aliphatic carbocycles. The molecule has 1 saturated heterocycles. The number of benzene rings is 2. The van der Waals surface area contributed by atoms with Gasteiger partial charge in [0.2, 0.25) is 0 Å². The standard InChI is InChI=1S/C22H28N2/c1-2-3-5-17-8-10-18(11-9-17)21-7-4-6-19-16-20-12-13-23-14-15-24(20)22(19)21/h4,6-11,20,23H,2-3,5,12-16H2,1H3. The smallest absolute Gasteiger partial charge is 0.0482 e. The first-order valence-corrected chi connectivity index (χ1v) is 9.55. The van der Waals surface area contributed by atoms with Crippen molar-refractivity contribution >= 4 is 5.69 Å². The molecule has 0 bridgehead atoms. The first-order chi connectivity index (χ1) is 11.9. The highest BCUT2D eigenvalue weighted by molar-refractivity contribution is 5.83. The van der Waals surface area contributed by atoms with Gasteiger partial charge in [0.05, 0.1) is 0 Å². The lowest BCUT2D eigenvalue weighted by molar-refractivity contribution is 0.612. The molecule has 0 aromatic heterocycles. The molecule has 1 atom stereocenters. The van der Waals surface area contributed by atoms with Gasteiger partial charge in [-0.2, -0.15) is 0 Å². The molecule has 2 aliphatic rings. The highest BCUT2D eigenvalue weighted by Gasteiger charge is 2.31. The normalized spacial score (nSPS) is 19.7. The number of fused-ring (bicyclic) bond motifs is 3. The quantitative estimate of drug-likeness (QED) is 0.897. The fourth-order valence-corrected chi connectivity index (χ4v) is 4.25. The average molecular weight is 320 g/mol. The summed E-state index contributed by atoms with van der Waals surface area (Å²) in [5.74, 6) is 0. The second-order valence-electron chi connectivity index (χ2n) is 7.20. The van der Waals surface area contributed by atoms with E-state index in [4.69, 9.17) is 0 Å². The van der Waals surface area contributed by atoms with Crippen molar-refractivity contribution in [2.45, 2.75) is 45.1 Å². The molecule has 2 aliphatic heterocycles. The zero-order valence-corrected chi connectivity index (χ0v) is 14.7. The molecule has 2 aromatic carbocycles. The van der Waals surface area contributed by atoms with Crippen LogP contribution in [0, 0.1) is 0 Å². The Hall–Kier alpha value is -1.80. The van der Waals surface area contributed by atoms with Crippen molar-refractivity contribution in [1.82, 2.24) is 5.32 Å². The van der Waals surface area contributed by atoms with Crippen LogP contribution in [0.3, 0.4) is 0 Å². The summed E-state index contributed by atoms with van der Waals surface area (Å²) in [7, 11) is 0. The minimum atomic E-state index is 0.681. The summed E-state index contributed by atoms with van der Waals surface area (Å²) in [6, 6.07) is 16.8. The van der Waals surface area contributed by atoms with Gasteiger partial charge in [0, 0.05) is 30.4 Å². The van der Waals surface area contributed by atoms with Gasteiger partial charge in [-0.15, -0.1) is 0 Å². The van der Waals surface area contributed by atoms with E-state index < -0.39 is 0 Å². The second kappa shape index (κ2) is 6.98. The Balaban J connectivity index is 1.66. The molecule has 2 heteroatoms. The van der Waals surface area contributed by atoms with Gasteiger partial charge >= 0.3 is 0 Å². The number of aryl methyl sites for hydroxylation is 1. The van der Waals surface area contributed by atoms with Gasteiger partial charge in [-0.05, 0) is 48.9 Å². The van der Waals surface area contributed by atoms with Gasteiger partial charge in [-0.25, -0.2) is 0 Å². The summed E-state index contributed by atoms with van der Waals surface area (Å²) in [5, 5.41) is 3.55. The third-order valence-electron chi connectivity index (χ3n) is 5.57. The molecule has 1 N–H and O–H groups in total. The van der Waals surface area contributed by atoms with Gasteiger partial charge in [-0.3, -0.25) is 0 Å². The van der Waals surface area contributed by atoms with Crippen molar-refractivity contribution in [2.75, 3.05) is 24.5 Å². The molecule has 1 fully saturated rings. The number of hydrogen-bond donors (Lipinski definition) is 1. The van der Waals surface area contributed by atoms with Gasteiger partial charge in [0.15, 0.2) is 0 Å². The van der Waals surface area contributed by atoms with Crippen LogP contribution in [0.1, 0.15) is 37.3 Å². The molecule has 2 nitrogen and oxygen atoms in total. The van der Waals surface area contributed by atoms with Crippen molar-refractivity contribution in [2.24, 2.45) is 0 Å². The summed E-state index contributed by atoms with van der Waals surface area (Å²) in [6.45, 7) is 5.63. The topological polar surface area (TPSA) is 15.3 Å². The Kier molecular flexibility index (Phi) is 4.57. The predicted octanol–water partition coefficient (Wildman–Crippen LogP) is 4.42. The van der Waals surface area contributed by atoms with Gasteiger partial charge < -0.3 is 10.2 Å². The lowest BCUT2D eigenvalue weighted by Crippen LogP contribution is -2.33. The molecule has 0 spiro atoms. The minimum absolute atomic E-state index is 0.681. The third-order valence-corrected chi connectivity index (χ3v) is 5.57. The molecule has 2 heterocycles. The Bertz CT molecular complexity index is 690. The van der Waals surface area contributed by atoms with E-state index in [1.807, 2.05) is 0 Å². The molecule has 4 rings (SSSR count).